The van der Waals surface area contributed by atoms with Gasteiger partial charge in [0.15, 0.2) is 0 Å². The van der Waals surface area contributed by atoms with Crippen molar-refractivity contribution in [3.8, 4) is 0 Å². The molecule has 0 saturated carbocycles. The summed E-state index contributed by atoms with van der Waals surface area (Å²) in [5.74, 6) is -0.418. The summed E-state index contributed by atoms with van der Waals surface area (Å²) in [6.07, 6.45) is 1.35. The Morgan fingerprint density at radius 1 is 1.35 bits per heavy atom. The molecule has 0 bridgehead atoms. The molecule has 7 heteroatoms. The van der Waals surface area contributed by atoms with E-state index in [0.717, 1.165) is 12.0 Å². The topological polar surface area (TPSA) is 75.3 Å². The normalized spacial score (nSPS) is 11.3. The van der Waals surface area contributed by atoms with Gasteiger partial charge in [0, 0.05) is 0 Å². The van der Waals surface area contributed by atoms with Gasteiger partial charge in [0.2, 0.25) is 15.9 Å². The van der Waals surface area contributed by atoms with Crippen molar-refractivity contribution in [2.45, 2.75) is 26.7 Å². The van der Waals surface area contributed by atoms with Crippen LogP contribution in [0.15, 0.2) is 18.2 Å². The molecule has 0 aliphatic carbocycles. The first-order valence-electron chi connectivity index (χ1n) is 6.37. The van der Waals surface area contributed by atoms with Gasteiger partial charge in [-0.15, -0.1) is 0 Å². The second kappa shape index (κ2) is 7.61. The fraction of sp³-hybridized carbons (Fsp3) is 0.462. The Kier molecular flexibility index (Phi) is 6.45. The number of nitrogens with one attached hydrogen (secondary N) is 2. The molecule has 1 aromatic rings. The average molecular weight is 319 g/mol. The summed E-state index contributed by atoms with van der Waals surface area (Å²) in [4.78, 5) is 11.7. The molecule has 20 heavy (non-hydrogen) atoms. The number of rotatable bonds is 7. The highest BCUT2D eigenvalue weighted by molar-refractivity contribution is 7.89. The van der Waals surface area contributed by atoms with Gasteiger partial charge in [-0.25, -0.2) is 13.1 Å². The van der Waals surface area contributed by atoms with Crippen molar-refractivity contribution in [1.29, 1.82) is 0 Å². The second-order valence-corrected chi connectivity index (χ2v) is 6.86. The molecular weight excluding hydrogens is 300 g/mol. The first-order chi connectivity index (χ1) is 9.34. The monoisotopic (exact) mass is 318 g/mol. The Morgan fingerprint density at radius 3 is 2.65 bits per heavy atom. The molecule has 1 rings (SSSR count). The van der Waals surface area contributed by atoms with Crippen LogP contribution in [0, 0.1) is 6.92 Å². The van der Waals surface area contributed by atoms with Gasteiger partial charge in [-0.2, -0.15) is 0 Å². The fourth-order valence-corrected chi connectivity index (χ4v) is 2.94. The van der Waals surface area contributed by atoms with E-state index in [0.29, 0.717) is 17.1 Å². The molecule has 1 amide bonds. The molecule has 0 saturated heterocycles. The van der Waals surface area contributed by atoms with Gasteiger partial charge < -0.3 is 5.32 Å². The fourth-order valence-electron chi connectivity index (χ4n) is 1.50. The smallest absolute Gasteiger partial charge is 0.239 e. The number of anilines is 1. The molecule has 0 heterocycles. The van der Waals surface area contributed by atoms with Crippen LogP contribution in [0.2, 0.25) is 5.02 Å². The van der Waals surface area contributed by atoms with E-state index in [1.165, 1.54) is 0 Å². The van der Waals surface area contributed by atoms with Gasteiger partial charge in [0.1, 0.15) is 0 Å². The number of halogens is 1. The average Bonchev–Trinajstić information content (AvgIpc) is 2.38. The van der Waals surface area contributed by atoms with E-state index < -0.39 is 15.9 Å². The molecule has 0 unspecified atom stereocenters. The first kappa shape index (κ1) is 16.9. The van der Waals surface area contributed by atoms with Gasteiger partial charge in [-0.1, -0.05) is 31.0 Å². The minimum absolute atomic E-state index is 0.0298. The van der Waals surface area contributed by atoms with Crippen LogP contribution >= 0.6 is 11.6 Å². The Morgan fingerprint density at radius 2 is 2.05 bits per heavy atom. The molecule has 0 fully saturated rings. The number of benzene rings is 1. The molecule has 5 nitrogen and oxygen atoms in total. The third-order valence-electron chi connectivity index (χ3n) is 2.62. The number of sulfonamides is 1. The van der Waals surface area contributed by atoms with Gasteiger partial charge in [0.25, 0.3) is 0 Å². The molecule has 0 aliphatic heterocycles. The molecule has 2 N–H and O–H groups in total. The molecule has 0 aliphatic rings. The van der Waals surface area contributed by atoms with Crippen molar-refractivity contribution in [2.75, 3.05) is 17.6 Å². The van der Waals surface area contributed by atoms with Gasteiger partial charge in [0.05, 0.1) is 23.0 Å². The molecule has 0 aromatic heterocycles. The summed E-state index contributed by atoms with van der Waals surface area (Å²) in [6.45, 7) is 3.50. The first-order valence-corrected chi connectivity index (χ1v) is 8.40. The lowest BCUT2D eigenvalue weighted by atomic mass is 10.2. The highest BCUT2D eigenvalue weighted by atomic mass is 35.5. The Labute approximate surface area is 124 Å². The van der Waals surface area contributed by atoms with Crippen LogP contribution in [-0.2, 0) is 14.8 Å². The summed E-state index contributed by atoms with van der Waals surface area (Å²) >= 11 is 5.98. The van der Waals surface area contributed by atoms with Gasteiger partial charge >= 0.3 is 0 Å². The summed E-state index contributed by atoms with van der Waals surface area (Å²) in [7, 11) is -3.39. The van der Waals surface area contributed by atoms with Crippen molar-refractivity contribution in [2.24, 2.45) is 0 Å². The molecular formula is C13H19ClN2O3S. The third kappa shape index (κ3) is 5.90. The number of aryl methyl sites for hydroxylation is 1. The van der Waals surface area contributed by atoms with E-state index >= 15 is 0 Å². The molecule has 0 spiro atoms. The predicted molar refractivity (Wildman–Crippen MR) is 81.5 cm³/mol. The van der Waals surface area contributed by atoms with Gasteiger partial charge in [-0.05, 0) is 31.0 Å². The lowest BCUT2D eigenvalue weighted by Gasteiger charge is -2.09. The van der Waals surface area contributed by atoms with Crippen LogP contribution in [0.25, 0.3) is 0 Å². The highest BCUT2D eigenvalue weighted by Gasteiger charge is 2.12. The van der Waals surface area contributed by atoms with Crippen molar-refractivity contribution in [3.05, 3.63) is 28.8 Å². The van der Waals surface area contributed by atoms with Crippen LogP contribution in [0.5, 0.6) is 0 Å². The number of carbonyl (C=O) groups is 1. The van der Waals surface area contributed by atoms with Crippen molar-refractivity contribution in [1.82, 2.24) is 4.72 Å². The quantitative estimate of drug-likeness (QED) is 0.810. The number of hydrogen-bond donors (Lipinski definition) is 2. The number of unbranched alkanes of at least 4 members (excludes halogenated alkanes) is 1. The molecule has 1 aromatic carbocycles. The van der Waals surface area contributed by atoms with E-state index in [-0.39, 0.29) is 12.3 Å². The van der Waals surface area contributed by atoms with Crippen LogP contribution in [-0.4, -0.2) is 26.6 Å². The lowest BCUT2D eigenvalue weighted by molar-refractivity contribution is -0.115. The third-order valence-corrected chi connectivity index (χ3v) is 4.34. The zero-order chi connectivity index (χ0) is 15.2. The second-order valence-electron chi connectivity index (χ2n) is 4.53. The highest BCUT2D eigenvalue weighted by Crippen LogP contribution is 2.22. The van der Waals surface area contributed by atoms with E-state index in [9.17, 15) is 13.2 Å². The zero-order valence-corrected chi connectivity index (χ0v) is 13.1. The summed E-state index contributed by atoms with van der Waals surface area (Å²) in [5, 5.41) is 2.99. The van der Waals surface area contributed by atoms with E-state index in [4.69, 9.17) is 11.6 Å². The van der Waals surface area contributed by atoms with Crippen LogP contribution in [0.3, 0.4) is 0 Å². The lowest BCUT2D eigenvalue weighted by Crippen LogP contribution is -2.34. The van der Waals surface area contributed by atoms with E-state index in [2.05, 4.69) is 10.0 Å². The van der Waals surface area contributed by atoms with Crippen molar-refractivity contribution >= 4 is 33.2 Å². The maximum Gasteiger partial charge on any atom is 0.239 e. The summed E-state index contributed by atoms with van der Waals surface area (Å²) < 4.78 is 25.3. The number of amides is 1. The standard InChI is InChI=1S/C13H19ClN2O3S/c1-3-4-7-20(18,19)15-9-13(17)16-12-6-5-10(2)8-11(12)14/h5-6,8,15H,3-4,7,9H2,1-2H3,(H,16,17). The summed E-state index contributed by atoms with van der Waals surface area (Å²) in [5.41, 5.74) is 1.45. The molecule has 112 valence electrons. The SMILES string of the molecule is CCCCS(=O)(=O)NCC(=O)Nc1ccc(C)cc1Cl. The minimum Gasteiger partial charge on any atom is -0.324 e. The zero-order valence-electron chi connectivity index (χ0n) is 11.6. The maximum absolute atomic E-state index is 11.7. The largest absolute Gasteiger partial charge is 0.324 e. The number of carbonyl (C=O) groups excluding carboxylic acids is 1. The molecule has 0 radical (unpaired) electrons. The van der Waals surface area contributed by atoms with Gasteiger partial charge in [-0.3, -0.25) is 4.79 Å². The Hall–Kier alpha value is -1.11. The summed E-state index contributed by atoms with van der Waals surface area (Å²) in [6, 6.07) is 5.22. The van der Waals surface area contributed by atoms with Crippen molar-refractivity contribution in [3.63, 3.8) is 0 Å². The van der Waals surface area contributed by atoms with E-state index in [1.807, 2.05) is 19.9 Å². The minimum atomic E-state index is -3.39. The van der Waals surface area contributed by atoms with E-state index in [1.54, 1.807) is 12.1 Å². The van der Waals surface area contributed by atoms with Crippen LogP contribution in [0.4, 0.5) is 5.69 Å². The van der Waals surface area contributed by atoms with Crippen molar-refractivity contribution < 1.29 is 13.2 Å². The number of hydrogen-bond acceptors (Lipinski definition) is 3. The van der Waals surface area contributed by atoms with Crippen LogP contribution in [0.1, 0.15) is 25.3 Å². The predicted octanol–water partition coefficient (Wildman–Crippen LogP) is 2.31. The Balaban J connectivity index is 2.52. The maximum atomic E-state index is 11.7. The Bertz CT molecular complexity index is 573. The van der Waals surface area contributed by atoms with Crippen LogP contribution < -0.4 is 10.0 Å². The molecule has 0 atom stereocenters.